The van der Waals surface area contributed by atoms with Crippen molar-refractivity contribution in [3.8, 4) is 0 Å². The van der Waals surface area contributed by atoms with Gasteiger partial charge in [0.25, 0.3) is 0 Å². The predicted molar refractivity (Wildman–Crippen MR) is 213 cm³/mol. The van der Waals surface area contributed by atoms with Gasteiger partial charge in [-0.05, 0) is 0 Å². The fourth-order valence-corrected chi connectivity index (χ4v) is 14.1. The van der Waals surface area contributed by atoms with E-state index in [4.69, 9.17) is 0 Å². The van der Waals surface area contributed by atoms with Gasteiger partial charge in [0.2, 0.25) is 0 Å². The van der Waals surface area contributed by atoms with Crippen molar-refractivity contribution in [3.05, 3.63) is 156 Å². The van der Waals surface area contributed by atoms with Crippen LogP contribution in [-0.4, -0.2) is 20.8 Å². The fraction of sp³-hybridized carbons (Fsp3) is 0.163. The molecule has 4 heteroatoms. The Labute approximate surface area is 282 Å². The number of benzene rings is 6. The molecule has 0 bridgehead atoms. The van der Waals surface area contributed by atoms with Gasteiger partial charge in [-0.25, -0.2) is 0 Å². The van der Waals surface area contributed by atoms with Gasteiger partial charge in [0.1, 0.15) is 0 Å². The van der Waals surface area contributed by atoms with Crippen LogP contribution >= 0.6 is 15.2 Å². The third-order valence-electron chi connectivity index (χ3n) is 9.94. The molecule has 1 heterocycles. The molecule has 0 amide bonds. The number of hydrogen-bond donors (Lipinski definition) is 0. The Bertz CT molecular complexity index is 1980. The van der Waals surface area contributed by atoms with Gasteiger partial charge < -0.3 is 0 Å². The van der Waals surface area contributed by atoms with E-state index in [-0.39, 0.29) is 0 Å². The number of nitrogens with zero attached hydrogens (tertiary/aromatic N) is 2. The second-order valence-corrected chi connectivity index (χ2v) is 19.4. The molecule has 6 aromatic rings. The van der Waals surface area contributed by atoms with Gasteiger partial charge in [-0.3, -0.25) is 0 Å². The van der Waals surface area contributed by atoms with Gasteiger partial charge in [-0.15, -0.1) is 0 Å². The summed E-state index contributed by atoms with van der Waals surface area (Å²) < 4.78 is 0. The Morgan fingerprint density at radius 2 is 0.830 bits per heavy atom. The average molecular weight is 651 g/mol. The third-order valence-corrected chi connectivity index (χ3v) is 17.0. The second-order valence-electron chi connectivity index (χ2n) is 13.3. The van der Waals surface area contributed by atoms with E-state index in [0.29, 0.717) is 0 Å². The second kappa shape index (κ2) is 12.4. The fourth-order valence-electron chi connectivity index (χ4n) is 7.34. The van der Waals surface area contributed by atoms with Crippen molar-refractivity contribution in [1.82, 2.24) is 0 Å². The molecule has 236 valence electrons. The van der Waals surface area contributed by atoms with Crippen molar-refractivity contribution in [2.75, 3.05) is 30.6 Å². The molecule has 6 aromatic carbocycles. The molecule has 7 rings (SSSR count). The van der Waals surface area contributed by atoms with Crippen LogP contribution in [0.25, 0.3) is 0 Å². The first kappa shape index (κ1) is 31.4. The summed E-state index contributed by atoms with van der Waals surface area (Å²) in [4.78, 5) is 5.01. The van der Waals surface area contributed by atoms with E-state index < -0.39 is 15.2 Å². The van der Waals surface area contributed by atoms with Crippen LogP contribution in [0.15, 0.2) is 133 Å². The molecule has 1 aliphatic rings. The van der Waals surface area contributed by atoms with Gasteiger partial charge >= 0.3 is 284 Å². The molecule has 0 saturated heterocycles. The molecule has 0 saturated carbocycles. The number of hydrogen-bond acceptors (Lipinski definition) is 2. The molecule has 47 heavy (non-hydrogen) atoms. The van der Waals surface area contributed by atoms with Crippen LogP contribution in [-0.2, 0) is 0 Å². The molecule has 0 aromatic heterocycles. The summed E-state index contributed by atoms with van der Waals surface area (Å²) in [6.07, 6.45) is 0. The van der Waals surface area contributed by atoms with Gasteiger partial charge in [0, 0.05) is 0 Å². The first-order valence-corrected chi connectivity index (χ1v) is 20.3. The van der Waals surface area contributed by atoms with E-state index in [1.54, 1.807) is 0 Å². The van der Waals surface area contributed by atoms with Gasteiger partial charge in [0.15, 0.2) is 0 Å². The van der Waals surface area contributed by atoms with Crippen molar-refractivity contribution in [2.45, 2.75) is 27.7 Å². The Morgan fingerprint density at radius 3 is 1.28 bits per heavy atom. The van der Waals surface area contributed by atoms with Crippen molar-refractivity contribution in [2.24, 2.45) is 0 Å². The standard InChI is InChI=1S/C43H44N2P2/c1-30-18-22-40-36(26-30)44(5)38-28-32(3)20-24-42(38)47(7,35-16-12-9-13-17-35)43-25-21-33(4)29-39(43)45(6)37-27-31(2)19-23-41(37)46(40)34-14-10-8-11-15-34/h8-29,47H,1-7H3. The van der Waals surface area contributed by atoms with E-state index in [9.17, 15) is 0 Å². The minimum atomic E-state index is -2.59. The molecule has 0 radical (unpaired) electrons. The number of fused-ring (bicyclic) bond motifs is 4. The SMILES string of the molecule is Cc1ccc2c(c1)N(C)c1cc(C)ccc1[PH](C)(c1ccccc1)c1ccc(C)cc1N(C)c1cc(C)ccc1P2c1ccccc1. The van der Waals surface area contributed by atoms with E-state index in [2.05, 4.69) is 192 Å². The Balaban J connectivity index is 1.68. The molecule has 0 fully saturated rings. The zero-order valence-electron chi connectivity index (χ0n) is 28.5. The molecule has 2 nitrogen and oxygen atoms in total. The van der Waals surface area contributed by atoms with Crippen LogP contribution in [0.1, 0.15) is 22.3 Å². The summed E-state index contributed by atoms with van der Waals surface area (Å²) in [5.74, 6) is 0. The predicted octanol–water partition coefficient (Wildman–Crippen LogP) is 8.18. The summed E-state index contributed by atoms with van der Waals surface area (Å²) in [5.41, 5.74) is 10.2. The average Bonchev–Trinajstić information content (AvgIpc) is 3.09. The minimum absolute atomic E-state index is 0.903. The number of rotatable bonds is 2. The zero-order chi connectivity index (χ0) is 32.9. The Kier molecular flexibility index (Phi) is 8.30. The third kappa shape index (κ3) is 5.49. The van der Waals surface area contributed by atoms with Crippen LogP contribution in [0.3, 0.4) is 0 Å². The van der Waals surface area contributed by atoms with Gasteiger partial charge in [-0.1, -0.05) is 0 Å². The van der Waals surface area contributed by atoms with Crippen LogP contribution < -0.4 is 41.6 Å². The normalized spacial score (nSPS) is 16.1. The van der Waals surface area contributed by atoms with E-state index >= 15 is 0 Å². The molecule has 0 atom stereocenters. The zero-order valence-corrected chi connectivity index (χ0v) is 30.4. The quantitative estimate of drug-likeness (QED) is 0.175. The molecule has 1 aliphatic heterocycles. The first-order chi connectivity index (χ1) is 22.7. The number of aryl methyl sites for hydroxylation is 4. The summed E-state index contributed by atoms with van der Waals surface area (Å²) in [5, 5.41) is 8.37. The maximum absolute atomic E-state index is 2.59. The summed E-state index contributed by atoms with van der Waals surface area (Å²) in [6.45, 7) is 11.5. The van der Waals surface area contributed by atoms with Crippen LogP contribution in [0, 0.1) is 27.7 Å². The molecular formula is C43H44N2P2. The van der Waals surface area contributed by atoms with Crippen molar-refractivity contribution < 1.29 is 0 Å². The molecule has 0 N–H and O–H groups in total. The van der Waals surface area contributed by atoms with E-state index in [1.807, 2.05) is 0 Å². The van der Waals surface area contributed by atoms with E-state index in [1.165, 1.54) is 76.8 Å². The molecular weight excluding hydrogens is 606 g/mol. The maximum atomic E-state index is 2.56. The van der Waals surface area contributed by atoms with Crippen molar-refractivity contribution in [3.63, 3.8) is 0 Å². The Hall–Kier alpha value is -4.22. The van der Waals surface area contributed by atoms with Crippen LogP contribution in [0.2, 0.25) is 0 Å². The Morgan fingerprint density at radius 1 is 0.447 bits per heavy atom. The monoisotopic (exact) mass is 650 g/mol. The van der Waals surface area contributed by atoms with E-state index in [0.717, 1.165) is 0 Å². The van der Waals surface area contributed by atoms with Gasteiger partial charge in [-0.2, -0.15) is 0 Å². The number of anilines is 4. The summed E-state index contributed by atoms with van der Waals surface area (Å²) >= 11 is 0. The van der Waals surface area contributed by atoms with Gasteiger partial charge in [0.05, 0.1) is 0 Å². The van der Waals surface area contributed by atoms with Crippen molar-refractivity contribution in [1.29, 1.82) is 0 Å². The first-order valence-electron chi connectivity index (χ1n) is 16.5. The summed E-state index contributed by atoms with van der Waals surface area (Å²) in [6, 6.07) is 51.0. The van der Waals surface area contributed by atoms with Crippen molar-refractivity contribution >= 4 is 69.8 Å². The molecule has 0 aliphatic carbocycles. The molecule has 0 spiro atoms. The summed E-state index contributed by atoms with van der Waals surface area (Å²) in [7, 11) is 1.09. The van der Waals surface area contributed by atoms with Crippen LogP contribution in [0.4, 0.5) is 22.7 Å². The molecule has 0 unspecified atom stereocenters. The van der Waals surface area contributed by atoms with Crippen LogP contribution in [0.5, 0.6) is 0 Å². The topological polar surface area (TPSA) is 6.48 Å².